The molecule has 1 aromatic rings. The number of hydrogen-bond donors (Lipinski definition) is 1. The fraction of sp³-hybridized carbons (Fsp3) is 0.333. The molecule has 1 rings (SSSR count). The first-order valence-electron chi connectivity index (χ1n) is 4.29. The van der Waals surface area contributed by atoms with Crippen LogP contribution in [0.4, 0.5) is 22.0 Å². The highest BCUT2D eigenvalue weighted by Crippen LogP contribution is 2.32. The Morgan fingerprint density at radius 2 is 1.82 bits per heavy atom. The lowest BCUT2D eigenvalue weighted by atomic mass is 10.1. The van der Waals surface area contributed by atoms with Crippen LogP contribution >= 0.6 is 11.6 Å². The van der Waals surface area contributed by atoms with Crippen LogP contribution in [0, 0.1) is 0 Å². The summed E-state index contributed by atoms with van der Waals surface area (Å²) < 4.78 is 63.7. The van der Waals surface area contributed by atoms with Crippen molar-refractivity contribution in [3.63, 3.8) is 0 Å². The number of rotatable bonds is 3. The smallest absolute Gasteiger partial charge is 0.404 e. The lowest BCUT2D eigenvalue weighted by molar-refractivity contribution is -0.274. The van der Waals surface area contributed by atoms with Gasteiger partial charge in [0.15, 0.2) is 0 Å². The van der Waals surface area contributed by atoms with E-state index in [9.17, 15) is 22.0 Å². The molecule has 0 fully saturated rings. The molecule has 8 heteroatoms. The minimum atomic E-state index is -4.89. The normalized spacial score (nSPS) is 13.9. The zero-order valence-corrected chi connectivity index (χ0v) is 8.90. The maximum Gasteiger partial charge on any atom is 0.573 e. The standard InChI is InChI=1S/C9H7ClF5NO/c10-5-3-4(7(16)8(11)12)1-2-6(5)17-9(13,14)15/h1-3,7-8H,16H2/t7-/m0/s1. The highest BCUT2D eigenvalue weighted by molar-refractivity contribution is 6.32. The zero-order chi connectivity index (χ0) is 13.2. The SMILES string of the molecule is N[C@@H](c1ccc(OC(F)(F)F)c(Cl)c1)C(F)F. The van der Waals surface area contributed by atoms with Gasteiger partial charge in [0, 0.05) is 0 Å². The van der Waals surface area contributed by atoms with Gasteiger partial charge in [-0.1, -0.05) is 17.7 Å². The summed E-state index contributed by atoms with van der Waals surface area (Å²) in [5.74, 6) is -0.663. The molecule has 0 spiro atoms. The minimum Gasteiger partial charge on any atom is -0.404 e. The number of hydrogen-bond acceptors (Lipinski definition) is 2. The number of halogens is 6. The van der Waals surface area contributed by atoms with E-state index in [2.05, 4.69) is 4.74 Å². The number of benzene rings is 1. The van der Waals surface area contributed by atoms with Gasteiger partial charge >= 0.3 is 6.36 Å². The molecule has 0 saturated heterocycles. The fourth-order valence-corrected chi connectivity index (χ4v) is 1.30. The number of ether oxygens (including phenoxy) is 1. The van der Waals surface area contributed by atoms with Crippen molar-refractivity contribution < 1.29 is 26.7 Å². The Kier molecular flexibility index (Phi) is 4.16. The van der Waals surface area contributed by atoms with E-state index in [4.69, 9.17) is 17.3 Å². The molecule has 0 aliphatic heterocycles. The van der Waals surface area contributed by atoms with Crippen molar-refractivity contribution >= 4 is 11.6 Å². The van der Waals surface area contributed by atoms with E-state index in [0.717, 1.165) is 18.2 Å². The third-order valence-electron chi connectivity index (χ3n) is 1.84. The predicted molar refractivity (Wildman–Crippen MR) is 51.1 cm³/mol. The predicted octanol–water partition coefficient (Wildman–Crippen LogP) is 3.50. The Bertz CT molecular complexity index is 395. The third kappa shape index (κ3) is 4.01. The zero-order valence-electron chi connectivity index (χ0n) is 8.14. The summed E-state index contributed by atoms with van der Waals surface area (Å²) in [6.45, 7) is 0. The molecule has 0 unspecified atom stereocenters. The Hall–Kier alpha value is -1.08. The molecule has 0 bridgehead atoms. The van der Waals surface area contributed by atoms with Gasteiger partial charge in [0.25, 0.3) is 6.43 Å². The summed E-state index contributed by atoms with van der Waals surface area (Å²) in [6.07, 6.45) is -7.73. The molecule has 0 heterocycles. The highest BCUT2D eigenvalue weighted by Gasteiger charge is 2.32. The van der Waals surface area contributed by atoms with Crippen LogP contribution in [0.1, 0.15) is 11.6 Å². The maximum absolute atomic E-state index is 12.2. The van der Waals surface area contributed by atoms with E-state index < -0.39 is 29.6 Å². The second-order valence-corrected chi connectivity index (χ2v) is 3.51. The summed E-state index contributed by atoms with van der Waals surface area (Å²) in [4.78, 5) is 0. The van der Waals surface area contributed by atoms with Crippen LogP contribution in [-0.2, 0) is 0 Å². The maximum atomic E-state index is 12.2. The lowest BCUT2D eigenvalue weighted by Crippen LogP contribution is -2.20. The number of nitrogens with two attached hydrogens (primary N) is 1. The quantitative estimate of drug-likeness (QED) is 0.857. The summed E-state index contributed by atoms with van der Waals surface area (Å²) >= 11 is 5.46. The van der Waals surface area contributed by atoms with Crippen molar-refractivity contribution in [2.75, 3.05) is 0 Å². The van der Waals surface area contributed by atoms with Gasteiger partial charge in [-0.2, -0.15) is 0 Å². The second-order valence-electron chi connectivity index (χ2n) is 3.10. The molecule has 1 atom stereocenters. The van der Waals surface area contributed by atoms with Gasteiger partial charge in [-0.15, -0.1) is 13.2 Å². The first-order valence-corrected chi connectivity index (χ1v) is 4.67. The Morgan fingerprint density at radius 3 is 2.24 bits per heavy atom. The monoisotopic (exact) mass is 275 g/mol. The van der Waals surface area contributed by atoms with Crippen LogP contribution in [0.5, 0.6) is 5.75 Å². The van der Waals surface area contributed by atoms with Crippen molar-refractivity contribution in [1.29, 1.82) is 0 Å². The molecule has 2 nitrogen and oxygen atoms in total. The first-order chi connectivity index (χ1) is 7.70. The van der Waals surface area contributed by atoms with Crippen molar-refractivity contribution in [3.8, 4) is 5.75 Å². The van der Waals surface area contributed by atoms with E-state index in [1.54, 1.807) is 0 Å². The van der Waals surface area contributed by atoms with E-state index in [1.165, 1.54) is 0 Å². The molecule has 0 aliphatic carbocycles. The average molecular weight is 276 g/mol. The minimum absolute atomic E-state index is 0.0699. The van der Waals surface area contributed by atoms with E-state index >= 15 is 0 Å². The summed E-state index contributed by atoms with van der Waals surface area (Å²) in [7, 11) is 0. The van der Waals surface area contributed by atoms with Gasteiger partial charge in [-0.3, -0.25) is 0 Å². The van der Waals surface area contributed by atoms with Gasteiger partial charge < -0.3 is 10.5 Å². The molecule has 96 valence electrons. The molecular weight excluding hydrogens is 269 g/mol. The molecule has 0 amide bonds. The van der Waals surface area contributed by atoms with Gasteiger partial charge in [-0.25, -0.2) is 8.78 Å². The summed E-state index contributed by atoms with van der Waals surface area (Å²) in [5, 5.41) is -0.434. The highest BCUT2D eigenvalue weighted by atomic mass is 35.5. The van der Waals surface area contributed by atoms with Crippen LogP contribution in [0.3, 0.4) is 0 Å². The lowest BCUT2D eigenvalue weighted by Gasteiger charge is -2.14. The molecule has 2 N–H and O–H groups in total. The number of alkyl halides is 5. The van der Waals surface area contributed by atoms with Crippen LogP contribution in [0.15, 0.2) is 18.2 Å². The van der Waals surface area contributed by atoms with Gasteiger partial charge in [0.1, 0.15) is 5.75 Å². The summed E-state index contributed by atoms with van der Waals surface area (Å²) in [5.41, 5.74) is 5.04. The Morgan fingerprint density at radius 1 is 1.24 bits per heavy atom. The molecule has 1 aromatic carbocycles. The fourth-order valence-electron chi connectivity index (χ4n) is 1.08. The van der Waals surface area contributed by atoms with Crippen LogP contribution in [0.25, 0.3) is 0 Å². The molecule has 0 radical (unpaired) electrons. The van der Waals surface area contributed by atoms with Gasteiger partial charge in [0.2, 0.25) is 0 Å². The van der Waals surface area contributed by atoms with E-state index in [0.29, 0.717) is 0 Å². The summed E-state index contributed by atoms with van der Waals surface area (Å²) in [6, 6.07) is 1.16. The van der Waals surface area contributed by atoms with E-state index in [1.807, 2.05) is 0 Å². The topological polar surface area (TPSA) is 35.2 Å². The van der Waals surface area contributed by atoms with Crippen molar-refractivity contribution in [2.45, 2.75) is 18.8 Å². The first kappa shape index (κ1) is 14.0. The Labute approximate surface area is 98.1 Å². The van der Waals surface area contributed by atoms with Crippen LogP contribution < -0.4 is 10.5 Å². The van der Waals surface area contributed by atoms with E-state index in [-0.39, 0.29) is 5.56 Å². The van der Waals surface area contributed by atoms with Crippen molar-refractivity contribution in [1.82, 2.24) is 0 Å². The van der Waals surface area contributed by atoms with Gasteiger partial charge in [0.05, 0.1) is 11.1 Å². The van der Waals surface area contributed by atoms with Crippen molar-refractivity contribution in [2.24, 2.45) is 5.73 Å². The second kappa shape index (κ2) is 5.05. The molecule has 0 saturated carbocycles. The molecule has 17 heavy (non-hydrogen) atoms. The van der Waals surface area contributed by atoms with Crippen LogP contribution in [0.2, 0.25) is 5.02 Å². The molecule has 0 aromatic heterocycles. The third-order valence-corrected chi connectivity index (χ3v) is 2.13. The van der Waals surface area contributed by atoms with Gasteiger partial charge in [-0.05, 0) is 17.7 Å². The Balaban J connectivity index is 2.94. The average Bonchev–Trinajstić information content (AvgIpc) is 2.18. The largest absolute Gasteiger partial charge is 0.573 e. The molecular formula is C9H7ClF5NO. The van der Waals surface area contributed by atoms with Crippen molar-refractivity contribution in [3.05, 3.63) is 28.8 Å². The molecule has 0 aliphatic rings. The van der Waals surface area contributed by atoms with Crippen LogP contribution in [-0.4, -0.2) is 12.8 Å².